The van der Waals surface area contributed by atoms with Crippen LogP contribution in [0.25, 0.3) is 0 Å². The largest absolute Gasteiger partial charge is 0.378 e. The first kappa shape index (κ1) is 13.5. The van der Waals surface area contributed by atoms with E-state index >= 15 is 0 Å². The predicted octanol–water partition coefficient (Wildman–Crippen LogP) is 1.19. The van der Waals surface area contributed by atoms with E-state index < -0.39 is 5.54 Å². The van der Waals surface area contributed by atoms with Gasteiger partial charge in [0.25, 0.3) is 0 Å². The molecule has 2 atom stereocenters. The fourth-order valence-electron chi connectivity index (χ4n) is 1.86. The third-order valence-corrected chi connectivity index (χ3v) is 2.95. The number of nitrogens with one attached hydrogen (secondary N) is 1. The summed E-state index contributed by atoms with van der Waals surface area (Å²) in [7, 11) is 0. The standard InChI is InChI=1S/C12H24N2O2/c1-4-7-16-9(2)8-12(3,11(13)15)14-10-5-6-10/h9-10,14H,4-8H2,1-3H3,(H2,13,15). The maximum absolute atomic E-state index is 11.5. The number of hydrogen-bond acceptors (Lipinski definition) is 3. The molecule has 94 valence electrons. The van der Waals surface area contributed by atoms with Crippen molar-refractivity contribution in [1.29, 1.82) is 0 Å². The summed E-state index contributed by atoms with van der Waals surface area (Å²) in [5, 5.41) is 3.32. The van der Waals surface area contributed by atoms with Gasteiger partial charge in [-0.1, -0.05) is 6.92 Å². The molecule has 0 aromatic carbocycles. The van der Waals surface area contributed by atoms with E-state index in [9.17, 15) is 4.79 Å². The van der Waals surface area contributed by atoms with Crippen LogP contribution < -0.4 is 11.1 Å². The van der Waals surface area contributed by atoms with Crippen LogP contribution in [-0.4, -0.2) is 30.2 Å². The molecule has 0 spiro atoms. The minimum Gasteiger partial charge on any atom is -0.378 e. The van der Waals surface area contributed by atoms with Crippen LogP contribution in [0, 0.1) is 0 Å². The quantitative estimate of drug-likeness (QED) is 0.656. The van der Waals surface area contributed by atoms with Crippen LogP contribution >= 0.6 is 0 Å². The Balaban J connectivity index is 2.45. The summed E-state index contributed by atoms with van der Waals surface area (Å²) in [5.74, 6) is -0.286. The molecule has 0 radical (unpaired) electrons. The summed E-state index contributed by atoms with van der Waals surface area (Å²) in [6.45, 7) is 6.67. The van der Waals surface area contributed by atoms with Crippen molar-refractivity contribution in [3.8, 4) is 0 Å². The average Bonchev–Trinajstić information content (AvgIpc) is 2.98. The molecule has 1 rings (SSSR count). The van der Waals surface area contributed by atoms with E-state index in [4.69, 9.17) is 10.5 Å². The zero-order valence-electron chi connectivity index (χ0n) is 10.6. The maximum Gasteiger partial charge on any atom is 0.237 e. The molecular formula is C12H24N2O2. The fraction of sp³-hybridized carbons (Fsp3) is 0.917. The first-order valence-corrected chi connectivity index (χ1v) is 6.17. The van der Waals surface area contributed by atoms with Crippen LogP contribution in [0.5, 0.6) is 0 Å². The molecule has 4 nitrogen and oxygen atoms in total. The van der Waals surface area contributed by atoms with Crippen molar-refractivity contribution in [3.63, 3.8) is 0 Å². The lowest BCUT2D eigenvalue weighted by atomic mass is 9.93. The summed E-state index contributed by atoms with van der Waals surface area (Å²) in [6.07, 6.45) is 3.98. The molecule has 1 aliphatic rings. The van der Waals surface area contributed by atoms with Crippen molar-refractivity contribution < 1.29 is 9.53 Å². The number of hydrogen-bond donors (Lipinski definition) is 2. The monoisotopic (exact) mass is 228 g/mol. The first-order valence-electron chi connectivity index (χ1n) is 6.17. The van der Waals surface area contributed by atoms with Gasteiger partial charge in [-0.05, 0) is 33.1 Å². The molecule has 2 unspecified atom stereocenters. The van der Waals surface area contributed by atoms with Crippen molar-refractivity contribution in [2.75, 3.05) is 6.61 Å². The highest BCUT2D eigenvalue weighted by molar-refractivity contribution is 5.84. The number of ether oxygens (including phenoxy) is 1. The van der Waals surface area contributed by atoms with Gasteiger partial charge in [-0.15, -0.1) is 0 Å². The van der Waals surface area contributed by atoms with Crippen molar-refractivity contribution >= 4 is 5.91 Å². The number of nitrogens with two attached hydrogens (primary N) is 1. The SMILES string of the molecule is CCCOC(C)CC(C)(NC1CC1)C(N)=O. The first-order chi connectivity index (χ1) is 7.48. The molecule has 0 bridgehead atoms. The van der Waals surface area contributed by atoms with E-state index in [1.807, 2.05) is 13.8 Å². The lowest BCUT2D eigenvalue weighted by Crippen LogP contribution is -2.55. The highest BCUT2D eigenvalue weighted by Gasteiger charge is 2.38. The Morgan fingerprint density at radius 2 is 2.25 bits per heavy atom. The van der Waals surface area contributed by atoms with E-state index in [0.717, 1.165) is 25.9 Å². The van der Waals surface area contributed by atoms with Crippen LogP contribution in [-0.2, 0) is 9.53 Å². The Bertz CT molecular complexity index is 241. The zero-order valence-corrected chi connectivity index (χ0v) is 10.6. The molecule has 4 heteroatoms. The molecule has 3 N–H and O–H groups in total. The molecule has 0 aromatic rings. The zero-order chi connectivity index (χ0) is 12.2. The number of rotatable bonds is 8. The second-order valence-corrected chi connectivity index (χ2v) is 5.00. The van der Waals surface area contributed by atoms with Crippen LogP contribution in [0.4, 0.5) is 0 Å². The van der Waals surface area contributed by atoms with Gasteiger partial charge >= 0.3 is 0 Å². The van der Waals surface area contributed by atoms with E-state index in [0.29, 0.717) is 12.5 Å². The molecule has 16 heavy (non-hydrogen) atoms. The molecule has 0 heterocycles. The average molecular weight is 228 g/mol. The number of primary amides is 1. The second-order valence-electron chi connectivity index (χ2n) is 5.00. The minimum atomic E-state index is -0.631. The molecular weight excluding hydrogens is 204 g/mol. The predicted molar refractivity (Wildman–Crippen MR) is 64.1 cm³/mol. The maximum atomic E-state index is 11.5. The smallest absolute Gasteiger partial charge is 0.237 e. The highest BCUT2D eigenvalue weighted by atomic mass is 16.5. The lowest BCUT2D eigenvalue weighted by Gasteiger charge is -2.30. The van der Waals surface area contributed by atoms with E-state index in [1.165, 1.54) is 0 Å². The lowest BCUT2D eigenvalue weighted by molar-refractivity contribution is -0.125. The normalized spacial score (nSPS) is 21.4. The molecule has 1 fully saturated rings. The topological polar surface area (TPSA) is 64.3 Å². The Labute approximate surface area is 97.9 Å². The van der Waals surface area contributed by atoms with Gasteiger partial charge in [-0.2, -0.15) is 0 Å². The molecule has 1 aliphatic carbocycles. The van der Waals surface area contributed by atoms with Gasteiger partial charge in [-0.25, -0.2) is 0 Å². The van der Waals surface area contributed by atoms with Crippen molar-refractivity contribution in [2.24, 2.45) is 5.73 Å². The van der Waals surface area contributed by atoms with Crippen molar-refractivity contribution in [1.82, 2.24) is 5.32 Å². The van der Waals surface area contributed by atoms with Crippen molar-refractivity contribution in [2.45, 2.75) is 64.1 Å². The summed E-state index contributed by atoms with van der Waals surface area (Å²) >= 11 is 0. The van der Waals surface area contributed by atoms with Gasteiger partial charge in [0, 0.05) is 19.1 Å². The summed E-state index contributed by atoms with van der Waals surface area (Å²) in [5.41, 5.74) is 4.84. The van der Waals surface area contributed by atoms with Crippen LogP contribution in [0.2, 0.25) is 0 Å². The molecule has 0 saturated heterocycles. The highest BCUT2D eigenvalue weighted by Crippen LogP contribution is 2.25. The van der Waals surface area contributed by atoms with Gasteiger partial charge in [0.05, 0.1) is 11.6 Å². The Hall–Kier alpha value is -0.610. The van der Waals surface area contributed by atoms with Gasteiger partial charge in [-0.3, -0.25) is 4.79 Å². The van der Waals surface area contributed by atoms with Gasteiger partial charge in [0.2, 0.25) is 5.91 Å². The van der Waals surface area contributed by atoms with Gasteiger partial charge in [0.1, 0.15) is 0 Å². The van der Waals surface area contributed by atoms with Crippen LogP contribution in [0.15, 0.2) is 0 Å². The third-order valence-electron chi connectivity index (χ3n) is 2.95. The number of carbonyl (C=O) groups excluding carboxylic acids is 1. The van der Waals surface area contributed by atoms with Crippen LogP contribution in [0.1, 0.15) is 46.5 Å². The summed E-state index contributed by atoms with van der Waals surface area (Å²) < 4.78 is 5.59. The Morgan fingerprint density at radius 1 is 1.62 bits per heavy atom. The van der Waals surface area contributed by atoms with Crippen molar-refractivity contribution in [3.05, 3.63) is 0 Å². The summed E-state index contributed by atoms with van der Waals surface area (Å²) in [6, 6.07) is 0.468. The minimum absolute atomic E-state index is 0.0590. The van der Waals surface area contributed by atoms with Crippen LogP contribution in [0.3, 0.4) is 0 Å². The molecule has 1 saturated carbocycles. The van der Waals surface area contributed by atoms with Gasteiger partial charge < -0.3 is 15.8 Å². The summed E-state index contributed by atoms with van der Waals surface area (Å²) in [4.78, 5) is 11.5. The second kappa shape index (κ2) is 5.64. The fourth-order valence-corrected chi connectivity index (χ4v) is 1.86. The molecule has 0 aliphatic heterocycles. The third kappa shape index (κ3) is 4.10. The van der Waals surface area contributed by atoms with Gasteiger partial charge in [0.15, 0.2) is 0 Å². The van der Waals surface area contributed by atoms with E-state index in [-0.39, 0.29) is 12.0 Å². The van der Waals surface area contributed by atoms with E-state index in [2.05, 4.69) is 12.2 Å². The van der Waals surface area contributed by atoms with E-state index in [1.54, 1.807) is 0 Å². The number of carbonyl (C=O) groups is 1. The Morgan fingerprint density at radius 3 is 2.69 bits per heavy atom. The molecule has 0 aromatic heterocycles. The number of amides is 1. The molecule has 1 amide bonds. The Kier molecular flexibility index (Phi) is 4.74.